The summed E-state index contributed by atoms with van der Waals surface area (Å²) in [4.78, 5) is 0.299. The van der Waals surface area contributed by atoms with Crippen LogP contribution in [0.4, 0.5) is 0 Å². The molecule has 1 aromatic carbocycles. The summed E-state index contributed by atoms with van der Waals surface area (Å²) in [5, 5.41) is 9.22. The van der Waals surface area contributed by atoms with Crippen LogP contribution in [-0.4, -0.2) is 30.9 Å². The number of aliphatic hydroxyl groups excluding tert-OH is 1. The predicted octanol–water partition coefficient (Wildman–Crippen LogP) is 2.42. The van der Waals surface area contributed by atoms with Gasteiger partial charge in [-0.2, -0.15) is 4.31 Å². The highest BCUT2D eigenvalue weighted by Crippen LogP contribution is 2.29. The van der Waals surface area contributed by atoms with Crippen molar-refractivity contribution >= 4 is 26.0 Å². The van der Waals surface area contributed by atoms with Gasteiger partial charge in [0.15, 0.2) is 0 Å². The molecule has 106 valence electrons. The molecule has 0 spiro atoms. The van der Waals surface area contributed by atoms with E-state index in [-0.39, 0.29) is 6.61 Å². The topological polar surface area (TPSA) is 57.6 Å². The number of hydrogen-bond acceptors (Lipinski definition) is 3. The van der Waals surface area contributed by atoms with Gasteiger partial charge in [0.2, 0.25) is 10.0 Å². The normalized spacial score (nSPS) is 17.6. The molecule has 0 radical (unpaired) electrons. The largest absolute Gasteiger partial charge is 0.392 e. The van der Waals surface area contributed by atoms with Crippen molar-refractivity contribution in [1.29, 1.82) is 0 Å². The van der Waals surface area contributed by atoms with E-state index in [0.717, 1.165) is 23.7 Å². The first-order valence-corrected chi connectivity index (χ1v) is 8.60. The molecule has 0 bridgehead atoms. The number of hydrogen-bond donors (Lipinski definition) is 1. The number of aliphatic hydroxyl groups is 1. The van der Waals surface area contributed by atoms with Crippen LogP contribution in [0.3, 0.4) is 0 Å². The summed E-state index contributed by atoms with van der Waals surface area (Å²) in [5.41, 5.74) is 1.30. The van der Waals surface area contributed by atoms with Crippen molar-refractivity contribution in [3.05, 3.63) is 27.7 Å². The molecule has 0 aromatic heterocycles. The summed E-state index contributed by atoms with van der Waals surface area (Å²) in [6.07, 6.45) is 2.92. The molecule has 19 heavy (non-hydrogen) atoms. The molecule has 2 rings (SSSR count). The molecule has 1 aromatic rings. The Kier molecular flexibility index (Phi) is 4.66. The van der Waals surface area contributed by atoms with E-state index in [1.807, 2.05) is 0 Å². The number of sulfonamides is 1. The lowest BCUT2D eigenvalue weighted by Gasteiger charge is -2.27. The fourth-order valence-corrected chi connectivity index (χ4v) is 4.76. The van der Waals surface area contributed by atoms with Crippen molar-refractivity contribution in [2.75, 3.05) is 13.1 Å². The van der Waals surface area contributed by atoms with Gasteiger partial charge in [0.1, 0.15) is 0 Å². The number of piperidine rings is 1. The monoisotopic (exact) mass is 347 g/mol. The summed E-state index contributed by atoms with van der Waals surface area (Å²) in [6, 6.07) is 3.33. The van der Waals surface area contributed by atoms with Crippen LogP contribution in [0.25, 0.3) is 0 Å². The molecule has 1 N–H and O–H groups in total. The lowest BCUT2D eigenvalue weighted by molar-refractivity contribution is 0.281. The lowest BCUT2D eigenvalue weighted by atomic mass is 10.2. The predicted molar refractivity (Wildman–Crippen MR) is 77.4 cm³/mol. The Morgan fingerprint density at radius 3 is 2.47 bits per heavy atom. The maximum absolute atomic E-state index is 12.7. The van der Waals surface area contributed by atoms with Crippen molar-refractivity contribution in [2.24, 2.45) is 0 Å². The molecule has 0 unspecified atom stereocenters. The molecular formula is C13H18BrNO3S. The van der Waals surface area contributed by atoms with Crippen LogP contribution in [0.2, 0.25) is 0 Å². The first-order valence-electron chi connectivity index (χ1n) is 6.37. The second-order valence-electron chi connectivity index (χ2n) is 4.82. The second-order valence-corrected chi connectivity index (χ2v) is 7.58. The minimum atomic E-state index is -3.46. The molecule has 1 heterocycles. The Labute approximate surface area is 122 Å². The van der Waals surface area contributed by atoms with Crippen LogP contribution in [0.15, 0.2) is 21.5 Å². The average molecular weight is 348 g/mol. The zero-order valence-corrected chi connectivity index (χ0v) is 13.3. The Hall–Kier alpha value is -0.430. The first-order chi connectivity index (χ1) is 8.96. The van der Waals surface area contributed by atoms with Crippen LogP contribution in [0.1, 0.15) is 30.4 Å². The van der Waals surface area contributed by atoms with Crippen molar-refractivity contribution < 1.29 is 13.5 Å². The maximum atomic E-state index is 12.7. The van der Waals surface area contributed by atoms with Crippen molar-refractivity contribution in [3.8, 4) is 0 Å². The van der Waals surface area contributed by atoms with Crippen molar-refractivity contribution in [1.82, 2.24) is 4.31 Å². The standard InChI is InChI=1S/C13H18BrNO3S/c1-10-12(14)7-11(9-16)8-13(10)19(17,18)15-5-3-2-4-6-15/h7-8,16H,2-6,9H2,1H3. The van der Waals surface area contributed by atoms with Crippen LogP contribution in [0, 0.1) is 6.92 Å². The van der Waals surface area contributed by atoms with Gasteiger partial charge in [0.25, 0.3) is 0 Å². The molecule has 0 saturated carbocycles. The Morgan fingerprint density at radius 2 is 1.89 bits per heavy atom. The van der Waals surface area contributed by atoms with Gasteiger partial charge in [-0.25, -0.2) is 8.42 Å². The molecule has 0 aliphatic carbocycles. The minimum absolute atomic E-state index is 0.165. The summed E-state index contributed by atoms with van der Waals surface area (Å²) in [5.74, 6) is 0. The fourth-order valence-electron chi connectivity index (χ4n) is 2.31. The van der Waals surface area contributed by atoms with Crippen molar-refractivity contribution in [3.63, 3.8) is 0 Å². The van der Waals surface area contributed by atoms with Crippen LogP contribution in [0.5, 0.6) is 0 Å². The molecular weight excluding hydrogens is 330 g/mol. The van der Waals surface area contributed by atoms with E-state index >= 15 is 0 Å². The van der Waals surface area contributed by atoms with Gasteiger partial charge < -0.3 is 5.11 Å². The van der Waals surface area contributed by atoms with Gasteiger partial charge in [0, 0.05) is 17.6 Å². The highest BCUT2D eigenvalue weighted by molar-refractivity contribution is 9.10. The molecule has 0 amide bonds. The van der Waals surface area contributed by atoms with E-state index in [0.29, 0.717) is 29.1 Å². The molecule has 4 nitrogen and oxygen atoms in total. The van der Waals surface area contributed by atoms with Crippen LogP contribution < -0.4 is 0 Å². The van der Waals surface area contributed by atoms with E-state index < -0.39 is 10.0 Å². The van der Waals surface area contributed by atoms with E-state index in [4.69, 9.17) is 0 Å². The lowest BCUT2D eigenvalue weighted by Crippen LogP contribution is -2.36. The number of nitrogens with zero attached hydrogens (tertiary/aromatic N) is 1. The Bertz CT molecular complexity index is 565. The Balaban J connectivity index is 2.47. The second kappa shape index (κ2) is 5.91. The van der Waals surface area contributed by atoms with Gasteiger partial charge in [-0.05, 0) is 43.0 Å². The summed E-state index contributed by atoms with van der Waals surface area (Å²) in [6.45, 7) is 2.79. The number of rotatable bonds is 3. The zero-order chi connectivity index (χ0) is 14.0. The molecule has 1 aliphatic rings. The smallest absolute Gasteiger partial charge is 0.243 e. The van der Waals surface area contributed by atoms with Gasteiger partial charge in [-0.15, -0.1) is 0 Å². The molecule has 1 fully saturated rings. The molecule has 6 heteroatoms. The SMILES string of the molecule is Cc1c(Br)cc(CO)cc1S(=O)(=O)N1CCCCC1. The van der Waals surface area contributed by atoms with Gasteiger partial charge in [0.05, 0.1) is 11.5 Å². The Morgan fingerprint density at radius 1 is 1.26 bits per heavy atom. The third-order valence-electron chi connectivity index (χ3n) is 3.47. The quantitative estimate of drug-likeness (QED) is 0.913. The zero-order valence-electron chi connectivity index (χ0n) is 10.9. The van der Waals surface area contributed by atoms with E-state index in [9.17, 15) is 13.5 Å². The molecule has 1 aliphatic heterocycles. The van der Waals surface area contributed by atoms with Gasteiger partial charge in [-0.3, -0.25) is 0 Å². The van der Waals surface area contributed by atoms with Gasteiger partial charge >= 0.3 is 0 Å². The van der Waals surface area contributed by atoms with Crippen LogP contribution in [-0.2, 0) is 16.6 Å². The van der Waals surface area contributed by atoms with Crippen LogP contribution >= 0.6 is 15.9 Å². The summed E-state index contributed by atoms with van der Waals surface area (Å²) >= 11 is 3.36. The van der Waals surface area contributed by atoms with Crippen molar-refractivity contribution in [2.45, 2.75) is 37.7 Å². The number of benzene rings is 1. The third-order valence-corrected chi connectivity index (χ3v) is 6.32. The van der Waals surface area contributed by atoms with Gasteiger partial charge in [-0.1, -0.05) is 22.4 Å². The summed E-state index contributed by atoms with van der Waals surface area (Å²) < 4.78 is 27.6. The highest BCUT2D eigenvalue weighted by atomic mass is 79.9. The molecule has 1 saturated heterocycles. The number of halogens is 1. The first kappa shape index (κ1) is 15.0. The highest BCUT2D eigenvalue weighted by Gasteiger charge is 2.28. The fraction of sp³-hybridized carbons (Fsp3) is 0.538. The third kappa shape index (κ3) is 3.02. The maximum Gasteiger partial charge on any atom is 0.243 e. The van der Waals surface area contributed by atoms with E-state index in [1.54, 1.807) is 23.4 Å². The van der Waals surface area contributed by atoms with E-state index in [1.165, 1.54) is 0 Å². The molecule has 0 atom stereocenters. The van der Waals surface area contributed by atoms with E-state index in [2.05, 4.69) is 15.9 Å². The summed E-state index contributed by atoms with van der Waals surface area (Å²) in [7, 11) is -3.46. The minimum Gasteiger partial charge on any atom is -0.392 e. The average Bonchev–Trinajstić information content (AvgIpc) is 2.42.